The molecule has 0 aliphatic rings. The van der Waals surface area contributed by atoms with Crippen molar-refractivity contribution in [3.05, 3.63) is 65.9 Å². The van der Waals surface area contributed by atoms with Crippen molar-refractivity contribution in [3.8, 4) is 5.75 Å². The fraction of sp³-hybridized carbons (Fsp3) is 0.222. The number of rotatable bonds is 6. The molecule has 3 rings (SSSR count). The van der Waals surface area contributed by atoms with Gasteiger partial charge in [0.1, 0.15) is 24.7 Å². The standard InChI is InChI=1S/C18H16F3N3O3/c1-12-4-2-3-5-15(12)26-10-14-6-7-16(27-14)17(25)23-13-8-22-24(9-13)11-18(19,20)21/h2-9H,10-11H2,1H3,(H,23,25). The Bertz CT molecular complexity index is 931. The number of nitrogens with zero attached hydrogens (tertiary/aromatic N) is 2. The lowest BCUT2D eigenvalue weighted by atomic mass is 10.2. The van der Waals surface area contributed by atoms with Crippen LogP contribution in [0.5, 0.6) is 5.75 Å². The van der Waals surface area contributed by atoms with E-state index in [9.17, 15) is 18.0 Å². The van der Waals surface area contributed by atoms with Gasteiger partial charge in [0, 0.05) is 6.20 Å². The summed E-state index contributed by atoms with van der Waals surface area (Å²) in [6.45, 7) is 0.820. The van der Waals surface area contributed by atoms with Gasteiger partial charge in [-0.3, -0.25) is 9.48 Å². The van der Waals surface area contributed by atoms with Gasteiger partial charge in [0.2, 0.25) is 0 Å². The van der Waals surface area contributed by atoms with Crippen LogP contribution < -0.4 is 10.1 Å². The number of aromatic nitrogens is 2. The van der Waals surface area contributed by atoms with Gasteiger partial charge < -0.3 is 14.5 Å². The number of nitrogens with one attached hydrogen (secondary N) is 1. The second kappa shape index (κ2) is 7.56. The Hall–Kier alpha value is -3.23. The van der Waals surface area contributed by atoms with Crippen LogP contribution in [0, 0.1) is 6.92 Å². The number of anilines is 1. The third kappa shape index (κ3) is 5.13. The lowest BCUT2D eigenvalue weighted by molar-refractivity contribution is -0.142. The van der Waals surface area contributed by atoms with E-state index in [0.717, 1.165) is 18.0 Å². The number of amides is 1. The van der Waals surface area contributed by atoms with Gasteiger partial charge in [-0.1, -0.05) is 18.2 Å². The quantitative estimate of drug-likeness (QED) is 0.698. The summed E-state index contributed by atoms with van der Waals surface area (Å²) in [7, 11) is 0. The summed E-state index contributed by atoms with van der Waals surface area (Å²) in [4.78, 5) is 12.1. The average Bonchev–Trinajstić information content (AvgIpc) is 3.22. The van der Waals surface area contributed by atoms with Gasteiger partial charge in [0.25, 0.3) is 5.91 Å². The number of furan rings is 1. The van der Waals surface area contributed by atoms with Crippen molar-refractivity contribution in [1.82, 2.24) is 9.78 Å². The minimum absolute atomic E-state index is 0.0157. The van der Waals surface area contributed by atoms with Crippen molar-refractivity contribution in [2.45, 2.75) is 26.3 Å². The van der Waals surface area contributed by atoms with Crippen molar-refractivity contribution < 1.29 is 27.1 Å². The summed E-state index contributed by atoms with van der Waals surface area (Å²) in [6.07, 6.45) is -2.16. The third-order valence-corrected chi connectivity index (χ3v) is 3.58. The number of carbonyl (C=O) groups is 1. The number of aryl methyl sites for hydroxylation is 1. The van der Waals surface area contributed by atoms with E-state index < -0.39 is 18.6 Å². The average molecular weight is 379 g/mol. The van der Waals surface area contributed by atoms with Crippen LogP contribution in [0.2, 0.25) is 0 Å². The number of para-hydroxylation sites is 1. The van der Waals surface area contributed by atoms with Gasteiger partial charge in [-0.15, -0.1) is 0 Å². The number of benzene rings is 1. The molecule has 142 valence electrons. The minimum Gasteiger partial charge on any atom is -0.485 e. The molecule has 3 aromatic rings. The number of halogens is 3. The highest BCUT2D eigenvalue weighted by molar-refractivity contribution is 6.02. The van der Waals surface area contributed by atoms with Crippen LogP contribution in [-0.2, 0) is 13.2 Å². The first-order chi connectivity index (χ1) is 12.8. The van der Waals surface area contributed by atoms with E-state index in [-0.39, 0.29) is 18.1 Å². The molecule has 2 heterocycles. The normalized spacial score (nSPS) is 11.4. The number of carbonyl (C=O) groups excluding carboxylic acids is 1. The van der Waals surface area contributed by atoms with Gasteiger partial charge in [-0.2, -0.15) is 18.3 Å². The molecule has 0 aliphatic carbocycles. The van der Waals surface area contributed by atoms with Crippen LogP contribution in [0.1, 0.15) is 21.9 Å². The van der Waals surface area contributed by atoms with Crippen LogP contribution in [-0.4, -0.2) is 21.9 Å². The zero-order chi connectivity index (χ0) is 19.4. The topological polar surface area (TPSA) is 69.3 Å². The maximum absolute atomic E-state index is 12.3. The molecule has 6 nitrogen and oxygen atoms in total. The van der Waals surface area contributed by atoms with Crippen molar-refractivity contribution >= 4 is 11.6 Å². The third-order valence-electron chi connectivity index (χ3n) is 3.58. The molecule has 2 aromatic heterocycles. The number of alkyl halides is 3. The lowest BCUT2D eigenvalue weighted by Gasteiger charge is -2.06. The summed E-state index contributed by atoms with van der Waals surface area (Å²) in [6, 6.07) is 10.5. The molecule has 0 fully saturated rings. The first-order valence-corrected chi connectivity index (χ1v) is 7.98. The summed E-state index contributed by atoms with van der Waals surface area (Å²) < 4.78 is 48.7. The van der Waals surface area contributed by atoms with Crippen LogP contribution in [0.3, 0.4) is 0 Å². The highest BCUT2D eigenvalue weighted by Gasteiger charge is 2.28. The molecule has 0 spiro atoms. The Morgan fingerprint density at radius 3 is 2.78 bits per heavy atom. The maximum atomic E-state index is 12.3. The van der Waals surface area contributed by atoms with E-state index >= 15 is 0 Å². The van der Waals surface area contributed by atoms with Gasteiger partial charge in [-0.05, 0) is 30.7 Å². The number of ether oxygens (including phenoxy) is 1. The molecular formula is C18H16F3N3O3. The van der Waals surface area contributed by atoms with Crippen LogP contribution >= 0.6 is 0 Å². The minimum atomic E-state index is -4.39. The molecule has 27 heavy (non-hydrogen) atoms. The summed E-state index contributed by atoms with van der Waals surface area (Å²) in [5.74, 6) is 0.568. The first kappa shape index (κ1) is 18.6. The second-order valence-corrected chi connectivity index (χ2v) is 5.82. The molecular weight excluding hydrogens is 363 g/mol. The van der Waals surface area contributed by atoms with E-state index in [1.807, 2.05) is 31.2 Å². The Morgan fingerprint density at radius 1 is 1.26 bits per heavy atom. The van der Waals surface area contributed by atoms with Crippen molar-refractivity contribution in [1.29, 1.82) is 0 Å². The molecule has 0 saturated carbocycles. The van der Waals surface area contributed by atoms with Gasteiger partial charge in [0.05, 0.1) is 11.9 Å². The molecule has 0 bridgehead atoms. The van der Waals surface area contributed by atoms with Gasteiger partial charge in [0.15, 0.2) is 5.76 Å². The summed E-state index contributed by atoms with van der Waals surface area (Å²) in [5, 5.41) is 5.99. The molecule has 0 atom stereocenters. The predicted octanol–water partition coefficient (Wildman–Crippen LogP) is 4.18. The smallest absolute Gasteiger partial charge is 0.408 e. The second-order valence-electron chi connectivity index (χ2n) is 5.82. The highest BCUT2D eigenvalue weighted by Crippen LogP contribution is 2.20. The van der Waals surface area contributed by atoms with Crippen LogP contribution in [0.25, 0.3) is 0 Å². The van der Waals surface area contributed by atoms with E-state index in [1.165, 1.54) is 6.07 Å². The first-order valence-electron chi connectivity index (χ1n) is 7.98. The van der Waals surface area contributed by atoms with Gasteiger partial charge in [-0.25, -0.2) is 0 Å². The highest BCUT2D eigenvalue weighted by atomic mass is 19.4. The van der Waals surface area contributed by atoms with Crippen LogP contribution in [0.4, 0.5) is 18.9 Å². The largest absolute Gasteiger partial charge is 0.485 e. The Kier molecular flexibility index (Phi) is 5.20. The molecule has 1 aromatic carbocycles. The zero-order valence-corrected chi connectivity index (χ0v) is 14.3. The summed E-state index contributed by atoms with van der Waals surface area (Å²) >= 11 is 0. The lowest BCUT2D eigenvalue weighted by Crippen LogP contribution is -2.17. The summed E-state index contributed by atoms with van der Waals surface area (Å²) in [5.41, 5.74) is 1.11. The van der Waals surface area contributed by atoms with Crippen molar-refractivity contribution in [2.75, 3.05) is 5.32 Å². The number of hydrogen-bond acceptors (Lipinski definition) is 4. The Morgan fingerprint density at radius 2 is 2.04 bits per heavy atom. The zero-order valence-electron chi connectivity index (χ0n) is 14.3. The molecule has 0 saturated heterocycles. The molecule has 0 aliphatic heterocycles. The fourth-order valence-electron chi connectivity index (χ4n) is 2.34. The van der Waals surface area contributed by atoms with E-state index in [4.69, 9.17) is 9.15 Å². The fourth-order valence-corrected chi connectivity index (χ4v) is 2.34. The van der Waals surface area contributed by atoms with E-state index in [1.54, 1.807) is 6.07 Å². The SMILES string of the molecule is Cc1ccccc1OCc1ccc(C(=O)Nc2cnn(CC(F)(F)F)c2)o1. The molecule has 1 N–H and O–H groups in total. The monoisotopic (exact) mass is 379 g/mol. The molecule has 9 heteroatoms. The van der Waals surface area contributed by atoms with E-state index in [2.05, 4.69) is 10.4 Å². The van der Waals surface area contributed by atoms with Gasteiger partial charge >= 0.3 is 6.18 Å². The maximum Gasteiger partial charge on any atom is 0.408 e. The Labute approximate surface area is 152 Å². The van der Waals surface area contributed by atoms with Crippen molar-refractivity contribution in [2.24, 2.45) is 0 Å². The molecule has 0 unspecified atom stereocenters. The van der Waals surface area contributed by atoms with E-state index in [0.29, 0.717) is 16.2 Å². The number of hydrogen-bond donors (Lipinski definition) is 1. The molecule has 0 radical (unpaired) electrons. The Balaban J connectivity index is 1.58. The predicted molar refractivity (Wildman–Crippen MR) is 90.5 cm³/mol. The van der Waals surface area contributed by atoms with Crippen LogP contribution in [0.15, 0.2) is 53.2 Å². The molecule has 1 amide bonds. The van der Waals surface area contributed by atoms with Crippen molar-refractivity contribution in [3.63, 3.8) is 0 Å².